The maximum atomic E-state index is 12.8. The second kappa shape index (κ2) is 9.91. The number of ether oxygens (including phenoxy) is 1. The molecule has 166 valence electrons. The van der Waals surface area contributed by atoms with Crippen LogP contribution in [0.4, 0.5) is 11.4 Å². The number of para-hydroxylation sites is 2. The number of carbonyl (C=O) groups excluding carboxylic acids is 4. The maximum Gasteiger partial charge on any atom is 0.340 e. The Morgan fingerprint density at radius 3 is 2.24 bits per heavy atom. The number of esters is 1. The zero-order valence-electron chi connectivity index (χ0n) is 17.8. The number of benzene rings is 3. The fraction of sp³-hybridized carbons (Fsp3) is 0.154. The summed E-state index contributed by atoms with van der Waals surface area (Å²) in [6.07, 6.45) is 1.17. The monoisotopic (exact) mass is 442 g/mol. The van der Waals surface area contributed by atoms with Crippen molar-refractivity contribution in [3.8, 4) is 0 Å². The van der Waals surface area contributed by atoms with Crippen molar-refractivity contribution in [2.24, 2.45) is 0 Å². The van der Waals surface area contributed by atoms with Gasteiger partial charge < -0.3 is 15.0 Å². The molecule has 33 heavy (non-hydrogen) atoms. The van der Waals surface area contributed by atoms with Gasteiger partial charge in [-0.25, -0.2) is 4.79 Å². The number of nitrogens with zero attached hydrogens (tertiary/aromatic N) is 1. The van der Waals surface area contributed by atoms with Crippen LogP contribution >= 0.6 is 0 Å². The van der Waals surface area contributed by atoms with Gasteiger partial charge in [0, 0.05) is 24.1 Å². The number of nitrogens with one attached hydrogen (secondary N) is 1. The lowest BCUT2D eigenvalue weighted by Gasteiger charge is -2.18. The van der Waals surface area contributed by atoms with Crippen LogP contribution in [0.2, 0.25) is 0 Å². The van der Waals surface area contributed by atoms with E-state index in [-0.39, 0.29) is 17.3 Å². The fourth-order valence-electron chi connectivity index (χ4n) is 3.71. The Bertz CT molecular complexity index is 1210. The summed E-state index contributed by atoms with van der Waals surface area (Å²) in [5, 5.41) is 2.64. The van der Waals surface area contributed by atoms with Crippen molar-refractivity contribution in [1.29, 1.82) is 0 Å². The average molecular weight is 442 g/mol. The van der Waals surface area contributed by atoms with Gasteiger partial charge in [0.15, 0.2) is 12.4 Å². The van der Waals surface area contributed by atoms with Crippen LogP contribution in [0.3, 0.4) is 0 Å². The topological polar surface area (TPSA) is 92.8 Å². The summed E-state index contributed by atoms with van der Waals surface area (Å²) in [4.78, 5) is 51.6. The first-order valence-electron chi connectivity index (χ1n) is 10.6. The van der Waals surface area contributed by atoms with E-state index >= 15 is 0 Å². The van der Waals surface area contributed by atoms with Crippen molar-refractivity contribution in [3.63, 3.8) is 0 Å². The summed E-state index contributed by atoms with van der Waals surface area (Å²) in [6, 6.07) is 22.1. The Kier molecular flexibility index (Phi) is 6.59. The van der Waals surface area contributed by atoms with Gasteiger partial charge in [-0.2, -0.15) is 0 Å². The van der Waals surface area contributed by atoms with Gasteiger partial charge in [0.2, 0.25) is 5.91 Å². The molecule has 0 aromatic heterocycles. The van der Waals surface area contributed by atoms with Crippen LogP contribution < -0.4 is 10.2 Å². The second-order valence-electron chi connectivity index (χ2n) is 7.53. The van der Waals surface area contributed by atoms with E-state index in [0.29, 0.717) is 35.5 Å². The molecule has 3 aromatic carbocycles. The van der Waals surface area contributed by atoms with Crippen LogP contribution in [-0.4, -0.2) is 36.7 Å². The standard InChI is InChI=1S/C26H22N2O5/c29-23(27-21-13-6-4-11-19(21)25(31)18-9-2-1-3-10-18)17-33-26(32)20-12-5-7-14-22(20)28-16-8-15-24(28)30/h1-7,9-14H,8,15-17H2,(H,27,29). The molecular weight excluding hydrogens is 420 g/mol. The molecule has 7 heteroatoms. The van der Waals surface area contributed by atoms with Crippen LogP contribution in [0.15, 0.2) is 78.9 Å². The van der Waals surface area contributed by atoms with E-state index in [1.54, 1.807) is 77.7 Å². The van der Waals surface area contributed by atoms with Crippen molar-refractivity contribution in [2.45, 2.75) is 12.8 Å². The van der Waals surface area contributed by atoms with Crippen molar-refractivity contribution in [3.05, 3.63) is 95.6 Å². The van der Waals surface area contributed by atoms with E-state index in [1.165, 1.54) is 0 Å². The Hall–Kier alpha value is -4.26. The number of amides is 2. The van der Waals surface area contributed by atoms with Crippen LogP contribution in [0, 0.1) is 0 Å². The highest BCUT2D eigenvalue weighted by molar-refractivity contribution is 6.14. The SMILES string of the molecule is O=C(COC(=O)c1ccccc1N1CCCC1=O)Nc1ccccc1C(=O)c1ccccc1. The molecule has 0 radical (unpaired) electrons. The molecule has 2 amide bonds. The first kappa shape index (κ1) is 22.0. The highest BCUT2D eigenvalue weighted by Crippen LogP contribution is 2.26. The van der Waals surface area contributed by atoms with E-state index in [0.717, 1.165) is 6.42 Å². The van der Waals surface area contributed by atoms with Gasteiger partial charge in [0.1, 0.15) is 0 Å². The number of anilines is 2. The molecule has 4 rings (SSSR count). The van der Waals surface area contributed by atoms with Gasteiger partial charge >= 0.3 is 5.97 Å². The molecule has 1 fully saturated rings. The van der Waals surface area contributed by atoms with E-state index < -0.39 is 18.5 Å². The summed E-state index contributed by atoms with van der Waals surface area (Å²) < 4.78 is 5.21. The predicted octanol–water partition coefficient (Wildman–Crippen LogP) is 3.84. The van der Waals surface area contributed by atoms with Gasteiger partial charge in [-0.3, -0.25) is 14.4 Å². The minimum absolute atomic E-state index is 0.0484. The van der Waals surface area contributed by atoms with Crippen LogP contribution in [-0.2, 0) is 14.3 Å². The molecule has 7 nitrogen and oxygen atoms in total. The third-order valence-electron chi connectivity index (χ3n) is 5.30. The molecular formula is C26H22N2O5. The van der Waals surface area contributed by atoms with Crippen molar-refractivity contribution < 1.29 is 23.9 Å². The van der Waals surface area contributed by atoms with Gasteiger partial charge in [0.25, 0.3) is 5.91 Å². The van der Waals surface area contributed by atoms with Crippen LogP contribution in [0.25, 0.3) is 0 Å². The second-order valence-corrected chi connectivity index (χ2v) is 7.53. The molecule has 1 heterocycles. The number of ketones is 1. The lowest BCUT2D eigenvalue weighted by molar-refractivity contribution is -0.119. The molecule has 0 aliphatic carbocycles. The van der Waals surface area contributed by atoms with E-state index in [4.69, 9.17) is 4.74 Å². The maximum absolute atomic E-state index is 12.8. The van der Waals surface area contributed by atoms with Crippen molar-refractivity contribution in [1.82, 2.24) is 0 Å². The first-order valence-corrected chi connectivity index (χ1v) is 10.6. The molecule has 0 bridgehead atoms. The summed E-state index contributed by atoms with van der Waals surface area (Å²) in [7, 11) is 0. The minimum atomic E-state index is -0.700. The molecule has 0 spiro atoms. The van der Waals surface area contributed by atoms with Gasteiger partial charge in [0.05, 0.1) is 16.9 Å². The van der Waals surface area contributed by atoms with Gasteiger partial charge in [-0.1, -0.05) is 54.6 Å². The highest BCUT2D eigenvalue weighted by Gasteiger charge is 2.26. The Morgan fingerprint density at radius 1 is 0.848 bits per heavy atom. The fourth-order valence-corrected chi connectivity index (χ4v) is 3.71. The summed E-state index contributed by atoms with van der Waals surface area (Å²) in [5.41, 5.74) is 1.86. The quantitative estimate of drug-likeness (QED) is 0.443. The smallest absolute Gasteiger partial charge is 0.340 e. The number of hydrogen-bond donors (Lipinski definition) is 1. The lowest BCUT2D eigenvalue weighted by atomic mass is 10.0. The zero-order chi connectivity index (χ0) is 23.2. The number of rotatable bonds is 7. The summed E-state index contributed by atoms with van der Waals surface area (Å²) >= 11 is 0. The highest BCUT2D eigenvalue weighted by atomic mass is 16.5. The normalized spacial score (nSPS) is 13.0. The van der Waals surface area contributed by atoms with Crippen molar-refractivity contribution >= 4 is 34.9 Å². The Balaban J connectivity index is 1.43. The Morgan fingerprint density at radius 2 is 1.52 bits per heavy atom. The van der Waals surface area contributed by atoms with Crippen molar-refractivity contribution in [2.75, 3.05) is 23.4 Å². The van der Waals surface area contributed by atoms with E-state index in [2.05, 4.69) is 5.32 Å². The third-order valence-corrected chi connectivity index (χ3v) is 5.30. The first-order chi connectivity index (χ1) is 16.0. The number of carbonyl (C=O) groups is 4. The zero-order valence-corrected chi connectivity index (χ0v) is 17.8. The molecule has 1 N–H and O–H groups in total. The van der Waals surface area contributed by atoms with E-state index in [9.17, 15) is 19.2 Å². The molecule has 1 aliphatic rings. The molecule has 0 unspecified atom stereocenters. The summed E-state index contributed by atoms with van der Waals surface area (Å²) in [6.45, 7) is 0.00478. The third kappa shape index (κ3) is 4.98. The van der Waals surface area contributed by atoms with Crippen LogP contribution in [0.5, 0.6) is 0 Å². The molecule has 0 atom stereocenters. The Labute approximate surface area is 191 Å². The minimum Gasteiger partial charge on any atom is -0.452 e. The predicted molar refractivity (Wildman–Crippen MR) is 123 cm³/mol. The average Bonchev–Trinajstić information content (AvgIpc) is 3.28. The van der Waals surface area contributed by atoms with Crippen LogP contribution in [0.1, 0.15) is 39.1 Å². The molecule has 1 saturated heterocycles. The van der Waals surface area contributed by atoms with E-state index in [1.807, 2.05) is 6.07 Å². The molecule has 0 saturated carbocycles. The lowest BCUT2D eigenvalue weighted by Crippen LogP contribution is -2.27. The van der Waals surface area contributed by atoms with Gasteiger partial charge in [-0.05, 0) is 30.7 Å². The van der Waals surface area contributed by atoms with Gasteiger partial charge in [-0.15, -0.1) is 0 Å². The molecule has 3 aromatic rings. The number of hydrogen-bond acceptors (Lipinski definition) is 5. The molecule has 1 aliphatic heterocycles. The largest absolute Gasteiger partial charge is 0.452 e. The summed E-state index contributed by atoms with van der Waals surface area (Å²) in [5.74, 6) is -1.55.